The van der Waals surface area contributed by atoms with Gasteiger partial charge in [0.15, 0.2) is 0 Å². The van der Waals surface area contributed by atoms with Crippen LogP contribution in [-0.4, -0.2) is 0 Å². The van der Waals surface area contributed by atoms with Crippen molar-refractivity contribution in [2.24, 2.45) is 0 Å². The standard InChI is InChI=1S/C19H20/c1-4-6-11-17(3)19(14-7-5-2)16-15-18-12-9-8-10-13-18/h4-14,16H,1-3,15H2/b11-6-,14-7-,19-16+. The summed E-state index contributed by atoms with van der Waals surface area (Å²) in [7, 11) is 0. The van der Waals surface area contributed by atoms with Crippen LogP contribution in [0.2, 0.25) is 0 Å². The lowest BCUT2D eigenvalue weighted by atomic mass is 10.0. The highest BCUT2D eigenvalue weighted by atomic mass is 14.0. The Kier molecular flexibility index (Phi) is 6.75. The number of hydrogen-bond donors (Lipinski definition) is 0. The molecule has 96 valence electrons. The van der Waals surface area contributed by atoms with E-state index in [0.717, 1.165) is 17.6 Å². The molecule has 0 aliphatic carbocycles. The summed E-state index contributed by atoms with van der Waals surface area (Å²) in [4.78, 5) is 0. The van der Waals surface area contributed by atoms with Crippen LogP contribution in [0.4, 0.5) is 0 Å². The van der Waals surface area contributed by atoms with Crippen LogP contribution in [0.1, 0.15) is 5.56 Å². The van der Waals surface area contributed by atoms with Crippen LogP contribution in [0.25, 0.3) is 0 Å². The Hall–Kier alpha value is -2.34. The van der Waals surface area contributed by atoms with E-state index in [4.69, 9.17) is 0 Å². The van der Waals surface area contributed by atoms with E-state index >= 15 is 0 Å². The van der Waals surface area contributed by atoms with Gasteiger partial charge in [0, 0.05) is 0 Å². The van der Waals surface area contributed by atoms with Gasteiger partial charge in [-0.3, -0.25) is 0 Å². The summed E-state index contributed by atoms with van der Waals surface area (Å²) < 4.78 is 0. The lowest BCUT2D eigenvalue weighted by Crippen LogP contribution is -1.85. The SMILES string of the molecule is C=C/C=C\C(=C)C(/C=C\C=C)=C/Cc1ccccc1. The van der Waals surface area contributed by atoms with Crippen LogP contribution >= 0.6 is 0 Å². The van der Waals surface area contributed by atoms with E-state index in [2.05, 4.69) is 50.1 Å². The van der Waals surface area contributed by atoms with Crippen LogP contribution in [0, 0.1) is 0 Å². The molecular formula is C19H20. The van der Waals surface area contributed by atoms with Gasteiger partial charge in [-0.2, -0.15) is 0 Å². The molecule has 0 spiro atoms. The minimum Gasteiger partial charge on any atom is -0.0991 e. The second-order valence-corrected chi connectivity index (χ2v) is 4.06. The van der Waals surface area contributed by atoms with E-state index in [9.17, 15) is 0 Å². The van der Waals surface area contributed by atoms with Crippen molar-refractivity contribution in [3.63, 3.8) is 0 Å². The number of benzene rings is 1. The van der Waals surface area contributed by atoms with Gasteiger partial charge in [-0.15, -0.1) is 0 Å². The number of rotatable bonds is 7. The summed E-state index contributed by atoms with van der Waals surface area (Å²) in [6.45, 7) is 11.4. The summed E-state index contributed by atoms with van der Waals surface area (Å²) >= 11 is 0. The molecule has 0 bridgehead atoms. The molecule has 0 atom stereocenters. The maximum atomic E-state index is 4.07. The smallest absolute Gasteiger partial charge is 0.00882 e. The van der Waals surface area contributed by atoms with Crippen LogP contribution in [0.3, 0.4) is 0 Å². The van der Waals surface area contributed by atoms with Gasteiger partial charge < -0.3 is 0 Å². The van der Waals surface area contributed by atoms with Gasteiger partial charge in [-0.25, -0.2) is 0 Å². The minimum atomic E-state index is 0.888. The van der Waals surface area contributed by atoms with Gasteiger partial charge in [0.2, 0.25) is 0 Å². The zero-order valence-electron chi connectivity index (χ0n) is 11.3. The third kappa shape index (κ3) is 5.69. The highest BCUT2D eigenvalue weighted by molar-refractivity contribution is 5.46. The zero-order chi connectivity index (χ0) is 13.9. The molecule has 0 saturated carbocycles. The molecule has 0 heteroatoms. The normalized spacial score (nSPS) is 11.9. The number of allylic oxidation sites excluding steroid dienone is 9. The zero-order valence-corrected chi connectivity index (χ0v) is 11.3. The number of hydrogen-bond acceptors (Lipinski definition) is 0. The van der Waals surface area contributed by atoms with Gasteiger partial charge in [0.25, 0.3) is 0 Å². The van der Waals surface area contributed by atoms with E-state index in [-0.39, 0.29) is 0 Å². The van der Waals surface area contributed by atoms with Gasteiger partial charge >= 0.3 is 0 Å². The van der Waals surface area contributed by atoms with Crippen LogP contribution in [0.15, 0.2) is 104 Å². The van der Waals surface area contributed by atoms with Gasteiger partial charge in [0.05, 0.1) is 0 Å². The summed E-state index contributed by atoms with van der Waals surface area (Å²) in [6, 6.07) is 10.4. The van der Waals surface area contributed by atoms with Gasteiger partial charge in [-0.05, 0) is 23.1 Å². The molecular weight excluding hydrogens is 228 g/mol. The van der Waals surface area contributed by atoms with Crippen molar-refractivity contribution < 1.29 is 0 Å². The third-order valence-corrected chi connectivity index (χ3v) is 2.62. The van der Waals surface area contributed by atoms with Crippen molar-refractivity contribution in [1.82, 2.24) is 0 Å². The first-order valence-corrected chi connectivity index (χ1v) is 6.29. The Morgan fingerprint density at radius 3 is 2.21 bits per heavy atom. The fourth-order valence-corrected chi connectivity index (χ4v) is 1.60. The quantitative estimate of drug-likeness (QED) is 0.582. The van der Waals surface area contributed by atoms with Crippen LogP contribution in [-0.2, 0) is 6.42 Å². The Morgan fingerprint density at radius 1 is 0.947 bits per heavy atom. The summed E-state index contributed by atoms with van der Waals surface area (Å²) in [5, 5.41) is 0. The lowest BCUT2D eigenvalue weighted by molar-refractivity contribution is 1.25. The molecule has 0 saturated heterocycles. The fraction of sp³-hybridized carbons (Fsp3) is 0.0526. The van der Waals surface area contributed by atoms with Crippen molar-refractivity contribution in [2.75, 3.05) is 0 Å². The van der Waals surface area contributed by atoms with E-state index in [0.29, 0.717) is 0 Å². The van der Waals surface area contributed by atoms with Crippen molar-refractivity contribution in [3.8, 4) is 0 Å². The van der Waals surface area contributed by atoms with Crippen molar-refractivity contribution >= 4 is 0 Å². The molecule has 0 nitrogen and oxygen atoms in total. The molecule has 1 aromatic rings. The highest BCUT2D eigenvalue weighted by Gasteiger charge is 1.95. The molecule has 19 heavy (non-hydrogen) atoms. The van der Waals surface area contributed by atoms with Crippen molar-refractivity contribution in [1.29, 1.82) is 0 Å². The Balaban J connectivity index is 2.87. The second-order valence-electron chi connectivity index (χ2n) is 4.06. The molecule has 0 radical (unpaired) electrons. The first-order valence-electron chi connectivity index (χ1n) is 6.29. The minimum absolute atomic E-state index is 0.888. The summed E-state index contributed by atoms with van der Waals surface area (Å²) in [6.07, 6.45) is 14.4. The Labute approximate surface area is 116 Å². The van der Waals surface area contributed by atoms with Gasteiger partial charge in [0.1, 0.15) is 0 Å². The maximum Gasteiger partial charge on any atom is -0.00882 e. The summed E-state index contributed by atoms with van der Waals surface area (Å²) in [5.74, 6) is 0. The third-order valence-electron chi connectivity index (χ3n) is 2.62. The molecule has 0 aliphatic rings. The lowest BCUT2D eigenvalue weighted by Gasteiger charge is -2.02. The van der Waals surface area contributed by atoms with E-state index < -0.39 is 0 Å². The molecule has 0 heterocycles. The Bertz CT molecular complexity index is 510. The maximum absolute atomic E-state index is 4.07. The van der Waals surface area contributed by atoms with Crippen LogP contribution in [0.5, 0.6) is 0 Å². The monoisotopic (exact) mass is 248 g/mol. The average molecular weight is 248 g/mol. The van der Waals surface area contributed by atoms with Crippen molar-refractivity contribution in [3.05, 3.63) is 109 Å². The highest BCUT2D eigenvalue weighted by Crippen LogP contribution is 2.13. The molecule has 1 aromatic carbocycles. The predicted octanol–water partition coefficient (Wildman–Crippen LogP) is 5.20. The molecule has 0 amide bonds. The fourth-order valence-electron chi connectivity index (χ4n) is 1.60. The second kappa shape index (κ2) is 8.71. The van der Waals surface area contributed by atoms with Crippen molar-refractivity contribution in [2.45, 2.75) is 6.42 Å². The molecule has 1 rings (SSSR count). The molecule has 0 N–H and O–H groups in total. The molecule has 0 aromatic heterocycles. The topological polar surface area (TPSA) is 0 Å². The summed E-state index contributed by atoms with van der Waals surface area (Å²) in [5.41, 5.74) is 3.35. The Morgan fingerprint density at radius 2 is 1.58 bits per heavy atom. The molecule has 0 fully saturated rings. The predicted molar refractivity (Wildman–Crippen MR) is 86.0 cm³/mol. The first-order chi connectivity index (χ1) is 9.27. The first kappa shape index (κ1) is 14.7. The van der Waals surface area contributed by atoms with Gasteiger partial charge in [-0.1, -0.05) is 92.6 Å². The van der Waals surface area contributed by atoms with E-state index in [1.54, 1.807) is 12.2 Å². The van der Waals surface area contributed by atoms with E-state index in [1.807, 2.05) is 30.4 Å². The molecule has 0 unspecified atom stereocenters. The van der Waals surface area contributed by atoms with Crippen LogP contribution < -0.4 is 0 Å². The molecule has 0 aliphatic heterocycles. The largest absolute Gasteiger partial charge is 0.0991 e. The average Bonchev–Trinajstić information content (AvgIpc) is 2.46. The van der Waals surface area contributed by atoms with E-state index in [1.165, 1.54) is 5.56 Å².